The first-order valence-electron chi connectivity index (χ1n) is 7.71. The Kier molecular flexibility index (Phi) is 6.90. The molecule has 0 amide bonds. The number of alkyl halides is 6. The number of rotatable bonds is 8. The Morgan fingerprint density at radius 1 is 0.964 bits per heavy atom. The largest absolute Gasteiger partial charge is 0.768 e. The van der Waals surface area contributed by atoms with Gasteiger partial charge in [-0.2, -0.15) is 34.8 Å². The molecule has 28 heavy (non-hydrogen) atoms. The van der Waals surface area contributed by atoms with Gasteiger partial charge in [0.2, 0.25) is 0 Å². The molecule has 1 aromatic carbocycles. The first kappa shape index (κ1) is 24.7. The zero-order valence-electron chi connectivity index (χ0n) is 15.0. The fourth-order valence-corrected chi connectivity index (χ4v) is 3.53. The van der Waals surface area contributed by atoms with E-state index in [0.29, 0.717) is 0 Å². The highest BCUT2D eigenvalue weighted by molar-refractivity contribution is 7.88. The molecule has 1 aromatic rings. The van der Waals surface area contributed by atoms with Gasteiger partial charge in [0.25, 0.3) is 0 Å². The predicted octanol–water partition coefficient (Wildman–Crippen LogP) is 4.34. The molecule has 13 heteroatoms. The molecule has 0 saturated carbocycles. The van der Waals surface area contributed by atoms with E-state index >= 15 is 0 Å². The van der Waals surface area contributed by atoms with E-state index in [1.807, 2.05) is 0 Å². The van der Waals surface area contributed by atoms with Gasteiger partial charge < -0.3 is 8.74 Å². The monoisotopic (exact) mass is 455 g/mol. The van der Waals surface area contributed by atoms with Crippen molar-refractivity contribution in [2.24, 2.45) is 0 Å². The van der Waals surface area contributed by atoms with Crippen LogP contribution in [-0.4, -0.2) is 33.6 Å². The van der Waals surface area contributed by atoms with Gasteiger partial charge in [0.1, 0.15) is 5.75 Å². The van der Waals surface area contributed by atoms with Crippen LogP contribution >= 0.6 is 0 Å². The van der Waals surface area contributed by atoms with Crippen LogP contribution in [0.2, 0.25) is 0 Å². The lowest BCUT2D eigenvalue weighted by Crippen LogP contribution is -2.60. The Morgan fingerprint density at radius 3 is 1.68 bits per heavy atom. The normalized spacial score (nSPS) is 15.2. The maximum Gasteiger partial charge on any atom is 0.450 e. The maximum atomic E-state index is 14.0. The van der Waals surface area contributed by atoms with E-state index in [1.54, 1.807) is 0 Å². The van der Waals surface area contributed by atoms with Crippen LogP contribution in [0.25, 0.3) is 0 Å². The van der Waals surface area contributed by atoms with E-state index in [2.05, 4.69) is 4.18 Å². The Morgan fingerprint density at radius 2 is 1.36 bits per heavy atom. The highest BCUT2D eigenvalue weighted by Crippen LogP contribution is 2.50. The topological polar surface area (TPSA) is 83.5 Å². The van der Waals surface area contributed by atoms with Gasteiger partial charge in [0.05, 0.1) is 0 Å². The summed E-state index contributed by atoms with van der Waals surface area (Å²) in [6.45, 7) is 6.11. The molecule has 0 aliphatic rings. The third-order valence-electron chi connectivity index (χ3n) is 3.77. The Hall–Kier alpha value is -1.34. The van der Waals surface area contributed by atoms with Crippen molar-refractivity contribution in [1.29, 1.82) is 0 Å². The van der Waals surface area contributed by atoms with Crippen LogP contribution in [0.1, 0.15) is 50.7 Å². The zero-order chi connectivity index (χ0) is 22.3. The second kappa shape index (κ2) is 7.82. The van der Waals surface area contributed by atoms with Crippen molar-refractivity contribution in [3.05, 3.63) is 29.3 Å². The molecule has 0 aliphatic carbocycles. The average molecular weight is 455 g/mol. The molecule has 1 rings (SSSR count). The molecule has 0 heterocycles. The number of para-hydroxylation sites is 1. The van der Waals surface area contributed by atoms with Crippen LogP contribution in [0.3, 0.4) is 0 Å². The lowest BCUT2D eigenvalue weighted by atomic mass is 9.94. The number of hydrogen-bond donors (Lipinski definition) is 0. The first-order valence-corrected chi connectivity index (χ1v) is 10.2. The van der Waals surface area contributed by atoms with Gasteiger partial charge >= 0.3 is 26.5 Å². The summed E-state index contributed by atoms with van der Waals surface area (Å²) in [4.78, 5) is 0. The highest BCUT2D eigenvalue weighted by atomic mass is 32.2. The maximum absolute atomic E-state index is 14.0. The quantitative estimate of drug-likeness (QED) is 0.331. The first-order chi connectivity index (χ1) is 12.4. The van der Waals surface area contributed by atoms with Crippen LogP contribution < -0.4 is 4.18 Å². The molecule has 0 bridgehead atoms. The van der Waals surface area contributed by atoms with Crippen molar-refractivity contribution >= 4 is 21.2 Å². The van der Waals surface area contributed by atoms with E-state index in [-0.39, 0.29) is 11.1 Å². The molecule has 5 nitrogen and oxygen atoms in total. The second-order valence-electron chi connectivity index (χ2n) is 6.46. The molecule has 0 saturated heterocycles. The minimum absolute atomic E-state index is 0.0491. The molecular formula is C15H17F6O5S2-. The lowest BCUT2D eigenvalue weighted by molar-refractivity contribution is -0.245. The third-order valence-corrected chi connectivity index (χ3v) is 5.71. The van der Waals surface area contributed by atoms with Gasteiger partial charge in [0.15, 0.2) is 0 Å². The number of hydrogen-bond acceptors (Lipinski definition) is 5. The molecule has 0 N–H and O–H groups in total. The summed E-state index contributed by atoms with van der Waals surface area (Å²) in [6.07, 6.45) is 0. The summed E-state index contributed by atoms with van der Waals surface area (Å²) in [5, 5.41) is -12.9. The van der Waals surface area contributed by atoms with Crippen LogP contribution in [0.5, 0.6) is 5.75 Å². The molecular weight excluding hydrogens is 438 g/mol. The van der Waals surface area contributed by atoms with E-state index in [4.69, 9.17) is 0 Å². The highest BCUT2D eigenvalue weighted by Gasteiger charge is 2.79. The Bertz CT molecular complexity index is 826. The van der Waals surface area contributed by atoms with Crippen LogP contribution in [0, 0.1) is 0 Å². The molecule has 1 atom stereocenters. The molecule has 162 valence electrons. The van der Waals surface area contributed by atoms with E-state index in [9.17, 15) is 43.5 Å². The summed E-state index contributed by atoms with van der Waals surface area (Å²) in [5.41, 5.74) is 0.0982. The summed E-state index contributed by atoms with van der Waals surface area (Å²) >= 11 is -5.03. The van der Waals surface area contributed by atoms with Crippen LogP contribution in [0.4, 0.5) is 26.3 Å². The van der Waals surface area contributed by atoms with Crippen molar-refractivity contribution in [3.63, 3.8) is 0 Å². The van der Waals surface area contributed by atoms with Gasteiger partial charge in [-0.25, -0.2) is 0 Å². The average Bonchev–Trinajstić information content (AvgIpc) is 2.53. The molecule has 0 spiro atoms. The molecule has 0 fully saturated rings. The van der Waals surface area contributed by atoms with Crippen molar-refractivity contribution < 1.29 is 47.7 Å². The van der Waals surface area contributed by atoms with Crippen LogP contribution in [-0.2, 0) is 21.2 Å². The SMILES string of the molecule is CC(C)c1cccc(C(C)C)c1OS(=O)(=O)C(F)(F)C(F)(F)C(F)(F)S(=O)[O-]. The predicted molar refractivity (Wildman–Crippen MR) is 87.9 cm³/mol. The Balaban J connectivity index is 3.61. The van der Waals surface area contributed by atoms with Gasteiger partial charge in [-0.05, 0) is 23.0 Å². The van der Waals surface area contributed by atoms with Crippen molar-refractivity contribution in [2.75, 3.05) is 0 Å². The minimum atomic E-state index is -6.80. The summed E-state index contributed by atoms with van der Waals surface area (Å²) in [5.74, 6) is -8.51. The third kappa shape index (κ3) is 4.01. The Labute approximate surface area is 160 Å². The number of halogens is 6. The molecule has 0 aliphatic heterocycles. The summed E-state index contributed by atoms with van der Waals surface area (Å²) in [6, 6.07) is 4.03. The number of benzene rings is 1. The zero-order valence-corrected chi connectivity index (χ0v) is 16.6. The molecule has 0 radical (unpaired) electrons. The summed E-state index contributed by atoms with van der Waals surface area (Å²) in [7, 11) is -6.74. The van der Waals surface area contributed by atoms with Crippen molar-refractivity contribution in [2.45, 2.75) is 56.0 Å². The van der Waals surface area contributed by atoms with Gasteiger partial charge in [0, 0.05) is 11.1 Å². The molecule has 0 aromatic heterocycles. The molecule has 1 unspecified atom stereocenters. The van der Waals surface area contributed by atoms with Gasteiger partial charge in [-0.15, -0.1) is 0 Å². The summed E-state index contributed by atoms with van der Waals surface area (Å²) < 4.78 is 130. The lowest BCUT2D eigenvalue weighted by Gasteiger charge is -2.33. The second-order valence-corrected chi connectivity index (χ2v) is 9.02. The van der Waals surface area contributed by atoms with E-state index in [0.717, 1.165) is 0 Å². The van der Waals surface area contributed by atoms with Gasteiger partial charge in [-0.3, -0.25) is 4.21 Å². The minimum Gasteiger partial charge on any atom is -0.768 e. The standard InChI is InChI=1S/C15H18F6O5S2/c1-8(2)10-6-5-7-11(9(3)4)12(10)26-28(24,25)15(20,21)13(16,17)14(18,19)27(22)23/h5-9H,1-4H3,(H,22,23)/p-1. The van der Waals surface area contributed by atoms with Crippen molar-refractivity contribution in [1.82, 2.24) is 0 Å². The fraction of sp³-hybridized carbons (Fsp3) is 0.600. The van der Waals surface area contributed by atoms with E-state index < -0.39 is 55.2 Å². The van der Waals surface area contributed by atoms with Crippen LogP contribution in [0.15, 0.2) is 18.2 Å². The smallest absolute Gasteiger partial charge is 0.450 e. The van der Waals surface area contributed by atoms with Gasteiger partial charge in [-0.1, -0.05) is 45.9 Å². The fourth-order valence-electron chi connectivity index (χ4n) is 2.17. The van der Waals surface area contributed by atoms with E-state index in [1.165, 1.54) is 45.9 Å². The van der Waals surface area contributed by atoms with Crippen molar-refractivity contribution in [3.8, 4) is 5.75 Å².